The van der Waals surface area contributed by atoms with Gasteiger partial charge >= 0.3 is 0 Å². The number of halogens is 3. The first kappa shape index (κ1) is 15.3. The zero-order valence-corrected chi connectivity index (χ0v) is 13.2. The predicted octanol–water partition coefficient (Wildman–Crippen LogP) is 3.42. The van der Waals surface area contributed by atoms with Crippen molar-refractivity contribution in [2.45, 2.75) is 13.8 Å². The zero-order valence-electron chi connectivity index (χ0n) is 10.9. The highest BCUT2D eigenvalue weighted by atomic mass is 35.5. The molecule has 1 aromatic carbocycles. The van der Waals surface area contributed by atoms with Gasteiger partial charge in [0.05, 0.1) is 17.0 Å². The van der Waals surface area contributed by atoms with Gasteiger partial charge in [-0.2, -0.15) is 9.19 Å². The van der Waals surface area contributed by atoms with Crippen molar-refractivity contribution in [2.24, 2.45) is 0 Å². The topological polar surface area (TPSA) is 52.0 Å². The quantitative estimate of drug-likeness (QED) is 0.844. The van der Waals surface area contributed by atoms with E-state index in [2.05, 4.69) is 5.10 Å². The number of aromatic nitrogens is 2. The van der Waals surface area contributed by atoms with Gasteiger partial charge in [0.15, 0.2) is 0 Å². The average Bonchev–Trinajstić information content (AvgIpc) is 2.61. The van der Waals surface area contributed by atoms with Crippen molar-refractivity contribution < 1.29 is 12.8 Å². The molecule has 0 saturated carbocycles. The zero-order chi connectivity index (χ0) is 15.2. The van der Waals surface area contributed by atoms with Gasteiger partial charge in [0.1, 0.15) is 11.5 Å². The van der Waals surface area contributed by atoms with Crippen molar-refractivity contribution in [1.29, 1.82) is 0 Å². The van der Waals surface area contributed by atoms with Gasteiger partial charge in [0.25, 0.3) is 10.0 Å². The molecule has 8 heteroatoms. The second-order valence-corrected chi connectivity index (χ2v) is 7.03. The fourth-order valence-electron chi connectivity index (χ4n) is 1.80. The van der Waals surface area contributed by atoms with Crippen molar-refractivity contribution >= 4 is 33.2 Å². The molecular formula is C12H11Cl2FN2O2S. The summed E-state index contributed by atoms with van der Waals surface area (Å²) in [7, 11) is -3.60. The minimum Gasteiger partial charge on any atom is -0.206 e. The molecule has 0 aliphatic heterocycles. The second kappa shape index (κ2) is 5.02. The minimum atomic E-state index is -3.60. The van der Waals surface area contributed by atoms with Crippen LogP contribution < -0.4 is 0 Å². The van der Waals surface area contributed by atoms with Gasteiger partial charge in [0.2, 0.25) is 0 Å². The van der Waals surface area contributed by atoms with Crippen molar-refractivity contribution in [3.63, 3.8) is 0 Å². The Hall–Kier alpha value is -1.11. The van der Waals surface area contributed by atoms with Gasteiger partial charge in [0, 0.05) is 10.6 Å². The van der Waals surface area contributed by atoms with Gasteiger partial charge in [-0.3, -0.25) is 0 Å². The second-order valence-electron chi connectivity index (χ2n) is 4.44. The predicted molar refractivity (Wildman–Crippen MR) is 77.4 cm³/mol. The maximum absolute atomic E-state index is 14.0. The molecule has 0 saturated heterocycles. The smallest absolute Gasteiger partial charge is 0.206 e. The van der Waals surface area contributed by atoms with Crippen LogP contribution in [0.2, 0.25) is 10.0 Å². The lowest BCUT2D eigenvalue weighted by Gasteiger charge is -2.04. The van der Waals surface area contributed by atoms with E-state index < -0.39 is 15.8 Å². The molecule has 4 nitrogen and oxygen atoms in total. The van der Waals surface area contributed by atoms with Gasteiger partial charge in [-0.1, -0.05) is 23.2 Å². The molecular weight excluding hydrogens is 326 g/mol. The molecule has 1 aromatic heterocycles. The van der Waals surface area contributed by atoms with Crippen LogP contribution in [0, 0.1) is 19.7 Å². The van der Waals surface area contributed by atoms with E-state index in [1.807, 2.05) is 0 Å². The molecule has 0 spiro atoms. The van der Waals surface area contributed by atoms with Gasteiger partial charge in [-0.05, 0) is 31.5 Å². The van der Waals surface area contributed by atoms with Crippen LogP contribution in [0.4, 0.5) is 4.39 Å². The first-order valence-electron chi connectivity index (χ1n) is 5.54. The first-order chi connectivity index (χ1) is 9.12. The van der Waals surface area contributed by atoms with Crippen LogP contribution in [0.1, 0.15) is 11.3 Å². The fourth-order valence-corrected chi connectivity index (χ4v) is 3.04. The standard InChI is InChI=1S/C12H11Cl2FN2O2S/c1-6-4-8(10(15)5-9(6)13)12-11(14)7(2)17(16-12)20(3,18)19/h4-5H,1-3H3. The summed E-state index contributed by atoms with van der Waals surface area (Å²) in [6, 6.07) is 2.63. The molecule has 0 fully saturated rings. The monoisotopic (exact) mass is 336 g/mol. The number of nitrogens with zero attached hydrogens (tertiary/aromatic N) is 2. The van der Waals surface area contributed by atoms with Gasteiger partial charge in [-0.25, -0.2) is 12.8 Å². The molecule has 0 radical (unpaired) electrons. The Balaban J connectivity index is 2.75. The molecule has 0 N–H and O–H groups in total. The number of hydrogen-bond acceptors (Lipinski definition) is 3. The van der Waals surface area contributed by atoms with E-state index in [0.29, 0.717) is 5.56 Å². The number of rotatable bonds is 2. The van der Waals surface area contributed by atoms with Crippen LogP contribution in [0.3, 0.4) is 0 Å². The Kier molecular flexibility index (Phi) is 3.83. The van der Waals surface area contributed by atoms with Crippen molar-refractivity contribution in [3.8, 4) is 11.3 Å². The van der Waals surface area contributed by atoms with Crippen molar-refractivity contribution in [2.75, 3.05) is 6.26 Å². The lowest BCUT2D eigenvalue weighted by atomic mass is 10.1. The van der Waals surface area contributed by atoms with Crippen LogP contribution in [0.15, 0.2) is 12.1 Å². The Bertz CT molecular complexity index is 800. The highest BCUT2D eigenvalue weighted by Gasteiger charge is 2.22. The Morgan fingerprint density at radius 1 is 1.25 bits per heavy atom. The van der Waals surface area contributed by atoms with Crippen LogP contribution in [-0.2, 0) is 10.0 Å². The van der Waals surface area contributed by atoms with E-state index in [-0.39, 0.29) is 27.0 Å². The maximum atomic E-state index is 14.0. The van der Waals surface area contributed by atoms with Crippen molar-refractivity contribution in [3.05, 3.63) is 39.3 Å². The van der Waals surface area contributed by atoms with E-state index in [1.165, 1.54) is 13.0 Å². The summed E-state index contributed by atoms with van der Waals surface area (Å²) in [6.07, 6.45) is 0.997. The summed E-state index contributed by atoms with van der Waals surface area (Å²) in [6.45, 7) is 3.21. The Morgan fingerprint density at radius 3 is 2.35 bits per heavy atom. The number of hydrogen-bond donors (Lipinski definition) is 0. The lowest BCUT2D eigenvalue weighted by Crippen LogP contribution is -2.13. The maximum Gasteiger partial charge on any atom is 0.251 e. The number of benzene rings is 1. The van der Waals surface area contributed by atoms with Crippen molar-refractivity contribution in [1.82, 2.24) is 9.19 Å². The summed E-state index contributed by atoms with van der Waals surface area (Å²) in [5.74, 6) is -0.611. The van der Waals surface area contributed by atoms with Gasteiger partial charge < -0.3 is 0 Å². The third-order valence-electron chi connectivity index (χ3n) is 2.82. The molecule has 20 heavy (non-hydrogen) atoms. The van der Waals surface area contributed by atoms with Gasteiger partial charge in [-0.15, -0.1) is 0 Å². The van der Waals surface area contributed by atoms with E-state index >= 15 is 0 Å². The summed E-state index contributed by atoms with van der Waals surface area (Å²) < 4.78 is 37.9. The third kappa shape index (κ3) is 2.55. The molecule has 1 heterocycles. The molecule has 0 amide bonds. The summed E-state index contributed by atoms with van der Waals surface area (Å²) in [5, 5.41) is 4.27. The summed E-state index contributed by atoms with van der Waals surface area (Å²) >= 11 is 11.9. The highest BCUT2D eigenvalue weighted by molar-refractivity contribution is 7.89. The minimum absolute atomic E-state index is 0.0758. The molecule has 0 unspecified atom stereocenters. The van der Waals surface area contributed by atoms with Crippen LogP contribution in [-0.4, -0.2) is 23.9 Å². The SMILES string of the molecule is Cc1cc(-c2nn(S(C)(=O)=O)c(C)c2Cl)c(F)cc1Cl. The molecule has 0 aliphatic rings. The normalized spacial score (nSPS) is 11.9. The molecule has 2 rings (SSSR count). The third-order valence-corrected chi connectivity index (χ3v) is 4.66. The molecule has 0 bridgehead atoms. The van der Waals surface area contributed by atoms with E-state index in [0.717, 1.165) is 16.4 Å². The molecule has 0 aliphatic carbocycles. The Morgan fingerprint density at radius 2 is 1.85 bits per heavy atom. The van der Waals surface area contributed by atoms with Crippen LogP contribution in [0.25, 0.3) is 11.3 Å². The number of aryl methyl sites for hydroxylation is 1. The Labute approximate surface area is 126 Å². The summed E-state index contributed by atoms with van der Waals surface area (Å²) in [5.41, 5.74) is 1.07. The van der Waals surface area contributed by atoms with E-state index in [1.54, 1.807) is 6.92 Å². The molecule has 2 aromatic rings. The lowest BCUT2D eigenvalue weighted by molar-refractivity contribution is 0.584. The van der Waals surface area contributed by atoms with E-state index in [4.69, 9.17) is 23.2 Å². The highest BCUT2D eigenvalue weighted by Crippen LogP contribution is 2.34. The first-order valence-corrected chi connectivity index (χ1v) is 8.15. The molecule has 108 valence electrons. The molecule has 0 atom stereocenters. The average molecular weight is 337 g/mol. The largest absolute Gasteiger partial charge is 0.251 e. The summed E-state index contributed by atoms with van der Waals surface area (Å²) in [4.78, 5) is 0. The van der Waals surface area contributed by atoms with Crippen LogP contribution in [0.5, 0.6) is 0 Å². The van der Waals surface area contributed by atoms with E-state index in [9.17, 15) is 12.8 Å². The van der Waals surface area contributed by atoms with Crippen LogP contribution >= 0.6 is 23.2 Å². The fraction of sp³-hybridized carbons (Fsp3) is 0.250.